The Morgan fingerprint density at radius 1 is 1.11 bits per heavy atom. The molecule has 0 radical (unpaired) electrons. The van der Waals surface area contributed by atoms with Crippen LogP contribution >= 0.6 is 11.3 Å². The third-order valence-electron chi connectivity index (χ3n) is 4.24. The molecule has 142 valence electrons. The van der Waals surface area contributed by atoms with Crippen LogP contribution in [0.2, 0.25) is 0 Å². The third kappa shape index (κ3) is 4.20. The number of carbonyl (C=O) groups excluding carboxylic acids is 1. The van der Waals surface area contributed by atoms with E-state index in [0.717, 1.165) is 33.3 Å². The van der Waals surface area contributed by atoms with Crippen molar-refractivity contribution >= 4 is 28.3 Å². The first-order valence-corrected chi connectivity index (χ1v) is 9.86. The van der Waals surface area contributed by atoms with E-state index in [1.54, 1.807) is 0 Å². The average Bonchev–Trinajstić information content (AvgIpc) is 3.30. The number of H-pyrrole nitrogens is 1. The van der Waals surface area contributed by atoms with Gasteiger partial charge in [-0.15, -0.1) is 11.3 Å². The lowest BCUT2D eigenvalue weighted by molar-refractivity contribution is 0.0957. The van der Waals surface area contributed by atoms with Crippen molar-refractivity contribution < 1.29 is 9.53 Å². The Hall–Kier alpha value is -3.19. The number of nitrogens with one attached hydrogen (secondary N) is 2. The standard InChI is InChI=1S/C21H20N4O2S/c1-14-20(28-19(23-14)13-27-15-7-3-2-4-8-15)21(26)22-12-11-18-24-16-9-5-6-10-17(16)25-18/h2-10H,11-13H2,1H3,(H,22,26)(H,24,25). The van der Waals surface area contributed by atoms with E-state index in [-0.39, 0.29) is 5.91 Å². The number of ether oxygens (including phenoxy) is 1. The number of thiazole rings is 1. The summed E-state index contributed by atoms with van der Waals surface area (Å²) in [5.41, 5.74) is 2.66. The van der Waals surface area contributed by atoms with Crippen LogP contribution in [0.25, 0.3) is 11.0 Å². The Balaban J connectivity index is 1.32. The van der Waals surface area contributed by atoms with Gasteiger partial charge in [-0.25, -0.2) is 9.97 Å². The van der Waals surface area contributed by atoms with Crippen LogP contribution in [0.15, 0.2) is 54.6 Å². The van der Waals surface area contributed by atoms with Crippen LogP contribution in [0.5, 0.6) is 5.75 Å². The topological polar surface area (TPSA) is 79.9 Å². The summed E-state index contributed by atoms with van der Waals surface area (Å²) in [6.45, 7) is 2.70. The fourth-order valence-corrected chi connectivity index (χ4v) is 3.78. The van der Waals surface area contributed by atoms with Crippen LogP contribution in [0, 0.1) is 6.92 Å². The van der Waals surface area contributed by atoms with Crippen molar-refractivity contribution in [3.8, 4) is 5.75 Å². The Morgan fingerprint density at radius 3 is 2.71 bits per heavy atom. The molecule has 2 heterocycles. The number of carbonyl (C=O) groups is 1. The molecule has 2 aromatic heterocycles. The lowest BCUT2D eigenvalue weighted by Crippen LogP contribution is -2.25. The predicted octanol–water partition coefficient (Wildman–Crippen LogP) is 3.88. The molecule has 0 saturated carbocycles. The molecule has 28 heavy (non-hydrogen) atoms. The second kappa shape index (κ2) is 8.22. The zero-order chi connectivity index (χ0) is 19.3. The highest BCUT2D eigenvalue weighted by Gasteiger charge is 2.15. The highest BCUT2D eigenvalue weighted by molar-refractivity contribution is 7.13. The zero-order valence-electron chi connectivity index (χ0n) is 15.4. The van der Waals surface area contributed by atoms with Crippen LogP contribution in [0.1, 0.15) is 26.2 Å². The first-order valence-electron chi connectivity index (χ1n) is 9.05. The summed E-state index contributed by atoms with van der Waals surface area (Å²) < 4.78 is 5.71. The minimum Gasteiger partial charge on any atom is -0.486 e. The number of aryl methyl sites for hydroxylation is 1. The van der Waals surface area contributed by atoms with E-state index in [2.05, 4.69) is 20.3 Å². The molecule has 4 aromatic rings. The Kier molecular flexibility index (Phi) is 5.34. The van der Waals surface area contributed by atoms with Gasteiger partial charge in [0.1, 0.15) is 28.1 Å². The number of nitrogens with zero attached hydrogens (tertiary/aromatic N) is 2. The van der Waals surface area contributed by atoms with Crippen molar-refractivity contribution in [3.63, 3.8) is 0 Å². The van der Waals surface area contributed by atoms with E-state index in [9.17, 15) is 4.79 Å². The van der Waals surface area contributed by atoms with Crippen molar-refractivity contribution in [2.45, 2.75) is 20.0 Å². The Labute approximate surface area is 166 Å². The molecule has 7 heteroatoms. The fraction of sp³-hybridized carbons (Fsp3) is 0.190. The smallest absolute Gasteiger partial charge is 0.263 e. The maximum atomic E-state index is 12.5. The molecule has 0 saturated heterocycles. The van der Waals surface area contributed by atoms with Gasteiger partial charge in [-0.2, -0.15) is 0 Å². The van der Waals surface area contributed by atoms with E-state index in [1.807, 2.05) is 61.5 Å². The summed E-state index contributed by atoms with van der Waals surface area (Å²) in [7, 11) is 0. The fourth-order valence-electron chi connectivity index (χ4n) is 2.89. The predicted molar refractivity (Wildman–Crippen MR) is 110 cm³/mol. The lowest BCUT2D eigenvalue weighted by Gasteiger charge is -2.03. The monoisotopic (exact) mass is 392 g/mol. The Bertz CT molecular complexity index is 1060. The first kappa shape index (κ1) is 18.2. The first-order chi connectivity index (χ1) is 13.7. The number of fused-ring (bicyclic) bond motifs is 1. The van der Waals surface area contributed by atoms with Crippen molar-refractivity contribution in [2.75, 3.05) is 6.54 Å². The lowest BCUT2D eigenvalue weighted by atomic mass is 10.3. The number of imidazole rings is 1. The molecule has 4 rings (SSSR count). The van der Waals surface area contributed by atoms with E-state index in [0.29, 0.717) is 24.4 Å². The number of aromatic amines is 1. The summed E-state index contributed by atoms with van der Waals surface area (Å²) in [6, 6.07) is 17.5. The average molecular weight is 392 g/mol. The van der Waals surface area contributed by atoms with Crippen LogP contribution < -0.4 is 10.1 Å². The molecule has 0 aliphatic carbocycles. The Morgan fingerprint density at radius 2 is 1.89 bits per heavy atom. The van der Waals surface area contributed by atoms with E-state index in [4.69, 9.17) is 4.74 Å². The SMILES string of the molecule is Cc1nc(COc2ccccc2)sc1C(=O)NCCc1nc2ccccc2[nH]1. The maximum absolute atomic E-state index is 12.5. The van der Waals surface area contributed by atoms with Crippen LogP contribution in [-0.2, 0) is 13.0 Å². The number of hydrogen-bond acceptors (Lipinski definition) is 5. The summed E-state index contributed by atoms with van der Waals surface area (Å²) in [4.78, 5) is 25.4. The molecule has 1 amide bonds. The van der Waals surface area contributed by atoms with Gasteiger partial charge in [0.15, 0.2) is 0 Å². The van der Waals surface area contributed by atoms with Gasteiger partial charge in [-0.1, -0.05) is 30.3 Å². The van der Waals surface area contributed by atoms with Crippen LogP contribution in [-0.4, -0.2) is 27.4 Å². The van der Waals surface area contributed by atoms with Gasteiger partial charge in [-0.05, 0) is 31.2 Å². The van der Waals surface area contributed by atoms with Crippen molar-refractivity contribution in [3.05, 3.63) is 76.0 Å². The van der Waals surface area contributed by atoms with Crippen molar-refractivity contribution in [2.24, 2.45) is 0 Å². The molecule has 2 N–H and O–H groups in total. The highest BCUT2D eigenvalue weighted by Crippen LogP contribution is 2.20. The second-order valence-electron chi connectivity index (χ2n) is 6.33. The number of benzene rings is 2. The molecule has 0 aliphatic heterocycles. The van der Waals surface area contributed by atoms with Crippen molar-refractivity contribution in [1.82, 2.24) is 20.3 Å². The summed E-state index contributed by atoms with van der Waals surface area (Å²) >= 11 is 1.37. The number of hydrogen-bond donors (Lipinski definition) is 2. The molecule has 0 atom stereocenters. The van der Waals surface area contributed by atoms with Gasteiger partial charge in [0.05, 0.1) is 16.7 Å². The van der Waals surface area contributed by atoms with Gasteiger partial charge in [-0.3, -0.25) is 4.79 Å². The largest absolute Gasteiger partial charge is 0.486 e. The summed E-state index contributed by atoms with van der Waals surface area (Å²) in [5.74, 6) is 1.53. The third-order valence-corrected chi connectivity index (χ3v) is 5.37. The minimum absolute atomic E-state index is 0.114. The molecular formula is C21H20N4O2S. The molecule has 0 unspecified atom stereocenters. The van der Waals surface area contributed by atoms with Gasteiger partial charge < -0.3 is 15.0 Å². The van der Waals surface area contributed by atoms with Gasteiger partial charge >= 0.3 is 0 Å². The molecule has 2 aromatic carbocycles. The molecule has 0 bridgehead atoms. The number of rotatable bonds is 7. The normalized spacial score (nSPS) is 10.9. The van der Waals surface area contributed by atoms with Crippen LogP contribution in [0.3, 0.4) is 0 Å². The zero-order valence-corrected chi connectivity index (χ0v) is 16.3. The molecule has 0 spiro atoms. The van der Waals surface area contributed by atoms with Gasteiger partial charge in [0.2, 0.25) is 0 Å². The molecule has 0 aliphatic rings. The quantitative estimate of drug-likeness (QED) is 0.500. The van der Waals surface area contributed by atoms with Gasteiger partial charge in [0, 0.05) is 13.0 Å². The maximum Gasteiger partial charge on any atom is 0.263 e. The second-order valence-corrected chi connectivity index (χ2v) is 7.41. The summed E-state index contributed by atoms with van der Waals surface area (Å²) in [5, 5.41) is 3.73. The number of aromatic nitrogens is 3. The number of para-hydroxylation sites is 3. The molecule has 0 fully saturated rings. The molecule has 6 nitrogen and oxygen atoms in total. The van der Waals surface area contributed by atoms with E-state index >= 15 is 0 Å². The van der Waals surface area contributed by atoms with Gasteiger partial charge in [0.25, 0.3) is 5.91 Å². The number of amides is 1. The highest BCUT2D eigenvalue weighted by atomic mass is 32.1. The van der Waals surface area contributed by atoms with Crippen molar-refractivity contribution in [1.29, 1.82) is 0 Å². The molecular weight excluding hydrogens is 372 g/mol. The minimum atomic E-state index is -0.114. The summed E-state index contributed by atoms with van der Waals surface area (Å²) in [6.07, 6.45) is 0.641. The van der Waals surface area contributed by atoms with E-state index < -0.39 is 0 Å². The van der Waals surface area contributed by atoms with Crippen LogP contribution in [0.4, 0.5) is 0 Å². The van der Waals surface area contributed by atoms with E-state index in [1.165, 1.54) is 11.3 Å².